The van der Waals surface area contributed by atoms with Crippen molar-refractivity contribution in [3.63, 3.8) is 0 Å². The number of likely N-dealkylation sites (tertiary alicyclic amines) is 1. The molecule has 1 amide bonds. The molecule has 0 radical (unpaired) electrons. The zero-order chi connectivity index (χ0) is 12.8. The molecule has 0 unspecified atom stereocenters. The van der Waals surface area contributed by atoms with E-state index in [1.165, 1.54) is 32.1 Å². The van der Waals surface area contributed by atoms with E-state index in [-0.39, 0.29) is 12.5 Å². The van der Waals surface area contributed by atoms with E-state index in [2.05, 4.69) is 4.90 Å². The van der Waals surface area contributed by atoms with Gasteiger partial charge in [0.25, 0.3) is 0 Å². The molecule has 4 nitrogen and oxygen atoms in total. The van der Waals surface area contributed by atoms with E-state index in [4.69, 9.17) is 0 Å². The van der Waals surface area contributed by atoms with Crippen LogP contribution in [0.3, 0.4) is 0 Å². The Balaban J connectivity index is 1.85. The fraction of sp³-hybridized carbons (Fsp3) is 0.929. The number of carbonyl (C=O) groups is 1. The minimum atomic E-state index is 0.157. The molecule has 0 atom stereocenters. The molecular weight excluding hydrogens is 228 g/mol. The Hall–Kier alpha value is -0.610. The first-order valence-corrected chi connectivity index (χ1v) is 7.44. The molecule has 0 aromatic carbocycles. The zero-order valence-corrected chi connectivity index (χ0v) is 11.3. The van der Waals surface area contributed by atoms with Gasteiger partial charge in [-0.05, 0) is 25.7 Å². The van der Waals surface area contributed by atoms with Crippen LogP contribution in [-0.2, 0) is 4.79 Å². The van der Waals surface area contributed by atoms with Gasteiger partial charge in [-0.25, -0.2) is 0 Å². The highest BCUT2D eigenvalue weighted by molar-refractivity contribution is 5.78. The number of amides is 1. The third kappa shape index (κ3) is 3.69. The monoisotopic (exact) mass is 254 g/mol. The van der Waals surface area contributed by atoms with E-state index < -0.39 is 0 Å². The molecule has 0 spiro atoms. The van der Waals surface area contributed by atoms with Crippen molar-refractivity contribution >= 4 is 5.91 Å². The van der Waals surface area contributed by atoms with Crippen molar-refractivity contribution in [2.75, 3.05) is 32.8 Å². The van der Waals surface area contributed by atoms with E-state index in [0.717, 1.165) is 25.9 Å². The van der Waals surface area contributed by atoms with Gasteiger partial charge in [0, 0.05) is 25.7 Å². The summed E-state index contributed by atoms with van der Waals surface area (Å²) in [4.78, 5) is 16.4. The van der Waals surface area contributed by atoms with Crippen molar-refractivity contribution in [3.8, 4) is 0 Å². The van der Waals surface area contributed by atoms with Gasteiger partial charge >= 0.3 is 0 Å². The van der Waals surface area contributed by atoms with Gasteiger partial charge in [0.15, 0.2) is 0 Å². The zero-order valence-electron chi connectivity index (χ0n) is 11.3. The summed E-state index contributed by atoms with van der Waals surface area (Å²) in [5.41, 5.74) is 0. The average molecular weight is 254 g/mol. The third-order valence-corrected chi connectivity index (χ3v) is 4.28. The average Bonchev–Trinajstić information content (AvgIpc) is 2.93. The minimum Gasteiger partial charge on any atom is -0.395 e. The van der Waals surface area contributed by atoms with Gasteiger partial charge in [0.1, 0.15) is 0 Å². The quantitative estimate of drug-likeness (QED) is 0.802. The Morgan fingerprint density at radius 3 is 2.39 bits per heavy atom. The molecule has 104 valence electrons. The Labute approximate surface area is 110 Å². The molecule has 1 heterocycles. The normalized spacial score (nSPS) is 21.8. The number of rotatable bonds is 5. The van der Waals surface area contributed by atoms with E-state index in [1.807, 2.05) is 4.90 Å². The first kappa shape index (κ1) is 13.8. The number of aliphatic hydroxyl groups excluding tert-OH is 1. The van der Waals surface area contributed by atoms with Crippen LogP contribution in [0.2, 0.25) is 0 Å². The summed E-state index contributed by atoms with van der Waals surface area (Å²) in [5, 5.41) is 9.18. The Morgan fingerprint density at radius 1 is 1.11 bits per heavy atom. The fourth-order valence-corrected chi connectivity index (χ4v) is 3.21. The molecule has 1 aliphatic carbocycles. The first-order valence-electron chi connectivity index (χ1n) is 7.44. The molecule has 1 aliphatic heterocycles. The van der Waals surface area contributed by atoms with Gasteiger partial charge in [-0.3, -0.25) is 9.69 Å². The molecule has 2 aliphatic rings. The summed E-state index contributed by atoms with van der Waals surface area (Å²) in [7, 11) is 0. The lowest BCUT2D eigenvalue weighted by Crippen LogP contribution is -2.45. The largest absolute Gasteiger partial charge is 0.395 e. The highest BCUT2D eigenvalue weighted by atomic mass is 16.3. The molecule has 1 N–H and O–H groups in total. The summed E-state index contributed by atoms with van der Waals surface area (Å²) in [5.74, 6) is 0.256. The van der Waals surface area contributed by atoms with Gasteiger partial charge in [-0.1, -0.05) is 19.3 Å². The van der Waals surface area contributed by atoms with Crippen LogP contribution in [0.4, 0.5) is 0 Å². The maximum Gasteiger partial charge on any atom is 0.236 e. The van der Waals surface area contributed by atoms with Crippen molar-refractivity contribution in [2.24, 2.45) is 0 Å². The van der Waals surface area contributed by atoms with Gasteiger partial charge in [-0.15, -0.1) is 0 Å². The molecule has 18 heavy (non-hydrogen) atoms. The molecule has 0 bridgehead atoms. The predicted molar refractivity (Wildman–Crippen MR) is 71.3 cm³/mol. The smallest absolute Gasteiger partial charge is 0.236 e. The fourth-order valence-electron chi connectivity index (χ4n) is 3.21. The van der Waals surface area contributed by atoms with Crippen molar-refractivity contribution in [3.05, 3.63) is 0 Å². The number of hydrogen-bond donors (Lipinski definition) is 1. The number of hydrogen-bond acceptors (Lipinski definition) is 3. The summed E-state index contributed by atoms with van der Waals surface area (Å²) in [6, 6.07) is 0.512. The van der Waals surface area contributed by atoms with Crippen molar-refractivity contribution in [1.29, 1.82) is 0 Å². The Kier molecular flexibility index (Phi) is 5.45. The van der Waals surface area contributed by atoms with Gasteiger partial charge in [-0.2, -0.15) is 0 Å². The summed E-state index contributed by atoms with van der Waals surface area (Å²) in [6.07, 6.45) is 8.53. The van der Waals surface area contributed by atoms with Gasteiger partial charge in [0.05, 0.1) is 13.2 Å². The van der Waals surface area contributed by atoms with Gasteiger partial charge < -0.3 is 10.0 Å². The van der Waals surface area contributed by atoms with E-state index in [0.29, 0.717) is 19.1 Å². The second-order valence-electron chi connectivity index (χ2n) is 5.57. The van der Waals surface area contributed by atoms with E-state index >= 15 is 0 Å². The van der Waals surface area contributed by atoms with Crippen LogP contribution >= 0.6 is 0 Å². The second-order valence-corrected chi connectivity index (χ2v) is 5.57. The summed E-state index contributed by atoms with van der Waals surface area (Å²) in [6.45, 7) is 3.16. The lowest BCUT2D eigenvalue weighted by Gasteiger charge is -2.34. The van der Waals surface area contributed by atoms with Crippen molar-refractivity contribution < 1.29 is 9.90 Å². The molecule has 0 aromatic rings. The molecule has 2 rings (SSSR count). The van der Waals surface area contributed by atoms with Crippen LogP contribution in [0.15, 0.2) is 0 Å². The lowest BCUT2D eigenvalue weighted by molar-refractivity contribution is -0.132. The molecule has 0 aromatic heterocycles. The van der Waals surface area contributed by atoms with Crippen LogP contribution in [0.5, 0.6) is 0 Å². The molecular formula is C14H26N2O2. The number of carbonyl (C=O) groups excluding carboxylic acids is 1. The summed E-state index contributed by atoms with van der Waals surface area (Å²) >= 11 is 0. The van der Waals surface area contributed by atoms with Crippen LogP contribution in [0.1, 0.15) is 44.9 Å². The Morgan fingerprint density at radius 2 is 1.78 bits per heavy atom. The van der Waals surface area contributed by atoms with E-state index in [9.17, 15) is 9.90 Å². The molecule has 4 heteroatoms. The van der Waals surface area contributed by atoms with Crippen molar-refractivity contribution in [2.45, 2.75) is 51.0 Å². The Bertz CT molecular complexity index is 259. The standard InChI is InChI=1S/C14H26N2O2/c17-11-10-16(13-6-2-1-3-7-13)12-14(18)15-8-4-5-9-15/h13,17H,1-12H2. The number of aliphatic hydroxyl groups is 1. The number of nitrogens with zero attached hydrogens (tertiary/aromatic N) is 2. The maximum atomic E-state index is 12.2. The topological polar surface area (TPSA) is 43.8 Å². The van der Waals surface area contributed by atoms with Crippen molar-refractivity contribution in [1.82, 2.24) is 9.80 Å². The predicted octanol–water partition coefficient (Wildman–Crippen LogP) is 1.24. The molecule has 1 saturated heterocycles. The van der Waals surface area contributed by atoms with Crippen LogP contribution in [0, 0.1) is 0 Å². The van der Waals surface area contributed by atoms with E-state index in [1.54, 1.807) is 0 Å². The van der Waals surface area contributed by atoms with Crippen LogP contribution in [-0.4, -0.2) is 59.6 Å². The third-order valence-electron chi connectivity index (χ3n) is 4.28. The lowest BCUT2D eigenvalue weighted by atomic mass is 9.94. The van der Waals surface area contributed by atoms with Crippen LogP contribution in [0.25, 0.3) is 0 Å². The maximum absolute atomic E-state index is 12.2. The first-order chi connectivity index (χ1) is 8.81. The molecule has 1 saturated carbocycles. The minimum absolute atomic E-state index is 0.157. The highest BCUT2D eigenvalue weighted by Crippen LogP contribution is 2.22. The van der Waals surface area contributed by atoms with Gasteiger partial charge in [0.2, 0.25) is 5.91 Å². The second kappa shape index (κ2) is 7.10. The summed E-state index contributed by atoms with van der Waals surface area (Å²) < 4.78 is 0. The SMILES string of the molecule is O=C(CN(CCO)C1CCCCC1)N1CCCC1. The highest BCUT2D eigenvalue weighted by Gasteiger charge is 2.25. The molecule has 2 fully saturated rings. The van der Waals surface area contributed by atoms with Crippen LogP contribution < -0.4 is 0 Å².